The molecule has 158 valence electrons. The summed E-state index contributed by atoms with van der Waals surface area (Å²) in [7, 11) is 0. The quantitative estimate of drug-likeness (QED) is 0.398. The number of benzene rings is 2. The summed E-state index contributed by atoms with van der Waals surface area (Å²) in [4.78, 5) is 29.5. The van der Waals surface area contributed by atoms with E-state index in [0.29, 0.717) is 29.2 Å². The molecule has 1 fully saturated rings. The molecule has 2 aromatic rings. The van der Waals surface area contributed by atoms with Crippen LogP contribution in [0.2, 0.25) is 5.02 Å². The van der Waals surface area contributed by atoms with Crippen molar-refractivity contribution >= 4 is 29.1 Å². The van der Waals surface area contributed by atoms with E-state index in [4.69, 9.17) is 11.6 Å². The largest absolute Gasteiger partial charge is 0.508 e. The number of hydrogen-bond acceptors (Lipinski definition) is 5. The van der Waals surface area contributed by atoms with E-state index in [-0.39, 0.29) is 17.1 Å². The average Bonchev–Trinajstić information content (AvgIpc) is 2.99. The van der Waals surface area contributed by atoms with Crippen LogP contribution >= 0.6 is 11.6 Å². The third kappa shape index (κ3) is 4.35. The van der Waals surface area contributed by atoms with Gasteiger partial charge in [0, 0.05) is 23.7 Å². The van der Waals surface area contributed by atoms with E-state index in [9.17, 15) is 19.8 Å². The fourth-order valence-corrected chi connectivity index (χ4v) is 3.92. The first kappa shape index (κ1) is 21.9. The highest BCUT2D eigenvalue weighted by Crippen LogP contribution is 2.40. The minimum Gasteiger partial charge on any atom is -0.508 e. The number of ketones is 1. The fourth-order valence-electron chi connectivity index (χ4n) is 3.73. The smallest absolute Gasteiger partial charge is 0.295 e. The molecular formula is C23H25ClN2O4. The highest BCUT2D eigenvalue weighted by Gasteiger charge is 2.46. The van der Waals surface area contributed by atoms with Crippen LogP contribution in [0.25, 0.3) is 5.76 Å². The second-order valence-corrected chi connectivity index (χ2v) is 7.56. The molecule has 1 amide bonds. The lowest BCUT2D eigenvalue weighted by Gasteiger charge is -2.28. The van der Waals surface area contributed by atoms with Crippen LogP contribution in [-0.2, 0) is 9.59 Å². The number of carbonyl (C=O) groups is 2. The van der Waals surface area contributed by atoms with Crippen molar-refractivity contribution in [2.75, 3.05) is 26.2 Å². The van der Waals surface area contributed by atoms with Crippen molar-refractivity contribution in [3.05, 3.63) is 70.3 Å². The number of likely N-dealkylation sites (tertiary alicyclic amines) is 1. The summed E-state index contributed by atoms with van der Waals surface area (Å²) in [5.74, 6) is -1.68. The number of hydrogen-bond donors (Lipinski definition) is 2. The molecule has 0 saturated carbocycles. The Hall–Kier alpha value is -2.83. The molecule has 1 aliphatic heterocycles. The maximum Gasteiger partial charge on any atom is 0.295 e. The Labute approximate surface area is 181 Å². The minimum absolute atomic E-state index is 0.00702. The molecule has 30 heavy (non-hydrogen) atoms. The van der Waals surface area contributed by atoms with Crippen LogP contribution in [0.15, 0.2) is 54.1 Å². The number of rotatable bonds is 7. The van der Waals surface area contributed by atoms with Gasteiger partial charge in [0.05, 0.1) is 11.6 Å². The van der Waals surface area contributed by atoms with Gasteiger partial charge >= 0.3 is 0 Å². The van der Waals surface area contributed by atoms with Crippen LogP contribution in [0, 0.1) is 0 Å². The molecule has 6 nitrogen and oxygen atoms in total. The molecule has 1 saturated heterocycles. The van der Waals surface area contributed by atoms with Gasteiger partial charge in [0.1, 0.15) is 11.5 Å². The Bertz CT molecular complexity index is 985. The van der Waals surface area contributed by atoms with Crippen LogP contribution in [0.1, 0.15) is 31.0 Å². The van der Waals surface area contributed by atoms with Gasteiger partial charge in [0.15, 0.2) is 0 Å². The molecule has 1 heterocycles. The van der Waals surface area contributed by atoms with Crippen molar-refractivity contribution in [2.24, 2.45) is 0 Å². The number of likely N-dealkylation sites (N-methyl/N-ethyl adjacent to an activating group) is 1. The van der Waals surface area contributed by atoms with Crippen LogP contribution in [-0.4, -0.2) is 57.9 Å². The highest BCUT2D eigenvalue weighted by molar-refractivity contribution is 6.46. The second kappa shape index (κ2) is 9.32. The highest BCUT2D eigenvalue weighted by atomic mass is 35.5. The number of carbonyl (C=O) groups excluding carboxylic acids is 2. The van der Waals surface area contributed by atoms with Crippen molar-refractivity contribution in [3.63, 3.8) is 0 Å². The molecule has 2 aromatic carbocycles. The van der Waals surface area contributed by atoms with Gasteiger partial charge in [-0.2, -0.15) is 0 Å². The molecule has 3 rings (SSSR count). The van der Waals surface area contributed by atoms with E-state index >= 15 is 0 Å². The third-order valence-corrected chi connectivity index (χ3v) is 5.61. The van der Waals surface area contributed by atoms with E-state index in [2.05, 4.69) is 4.90 Å². The molecule has 0 aromatic heterocycles. The Kier molecular flexibility index (Phi) is 6.80. The number of phenolic OH excluding ortho intramolecular Hbond substituents is 1. The van der Waals surface area contributed by atoms with Gasteiger partial charge in [-0.15, -0.1) is 0 Å². The van der Waals surface area contributed by atoms with Crippen LogP contribution in [0.5, 0.6) is 5.75 Å². The van der Waals surface area contributed by atoms with Crippen molar-refractivity contribution in [2.45, 2.75) is 19.9 Å². The lowest BCUT2D eigenvalue weighted by molar-refractivity contribution is -0.140. The first-order valence-corrected chi connectivity index (χ1v) is 10.3. The number of phenols is 1. The molecule has 0 bridgehead atoms. The van der Waals surface area contributed by atoms with E-state index in [0.717, 1.165) is 13.1 Å². The first-order chi connectivity index (χ1) is 14.4. The lowest BCUT2D eigenvalue weighted by atomic mass is 9.95. The van der Waals surface area contributed by atoms with E-state index < -0.39 is 17.7 Å². The minimum atomic E-state index is -0.799. The normalized spacial score (nSPS) is 18.4. The van der Waals surface area contributed by atoms with Gasteiger partial charge < -0.3 is 20.0 Å². The summed E-state index contributed by atoms with van der Waals surface area (Å²) in [6.07, 6.45) is 0. The summed E-state index contributed by atoms with van der Waals surface area (Å²) in [5, 5.41) is 21.3. The Morgan fingerprint density at radius 3 is 2.43 bits per heavy atom. The number of halogens is 1. The Morgan fingerprint density at radius 2 is 1.80 bits per heavy atom. The van der Waals surface area contributed by atoms with Gasteiger partial charge in [-0.25, -0.2) is 0 Å². The Balaban J connectivity index is 2.11. The van der Waals surface area contributed by atoms with Gasteiger partial charge in [-0.05, 0) is 42.9 Å². The average molecular weight is 429 g/mol. The summed E-state index contributed by atoms with van der Waals surface area (Å²) >= 11 is 6.05. The molecule has 1 unspecified atom stereocenters. The summed E-state index contributed by atoms with van der Waals surface area (Å²) in [5.41, 5.74) is 0.902. The molecule has 0 spiro atoms. The maximum absolute atomic E-state index is 12.9. The van der Waals surface area contributed by atoms with Gasteiger partial charge in [-0.1, -0.05) is 49.7 Å². The van der Waals surface area contributed by atoms with Crippen LogP contribution < -0.4 is 0 Å². The van der Waals surface area contributed by atoms with Crippen molar-refractivity contribution in [1.29, 1.82) is 0 Å². The van der Waals surface area contributed by atoms with Gasteiger partial charge in [-0.3, -0.25) is 9.59 Å². The SMILES string of the molecule is CCN(CC)CCN1C(=O)C(=O)/C(=C(\O)c2cccc(Cl)c2)C1c1cccc(O)c1. The van der Waals surface area contributed by atoms with Crippen LogP contribution in [0.3, 0.4) is 0 Å². The summed E-state index contributed by atoms with van der Waals surface area (Å²) < 4.78 is 0. The molecule has 2 N–H and O–H groups in total. The molecule has 0 radical (unpaired) electrons. The molecule has 1 aliphatic rings. The van der Waals surface area contributed by atoms with Crippen molar-refractivity contribution in [1.82, 2.24) is 9.80 Å². The van der Waals surface area contributed by atoms with E-state index in [1.807, 2.05) is 13.8 Å². The van der Waals surface area contributed by atoms with Gasteiger partial charge in [0.2, 0.25) is 0 Å². The number of aliphatic hydroxyl groups is 1. The predicted octanol–water partition coefficient (Wildman–Crippen LogP) is 3.81. The monoisotopic (exact) mass is 428 g/mol. The zero-order chi connectivity index (χ0) is 21.8. The molecule has 1 atom stereocenters. The Morgan fingerprint density at radius 1 is 1.10 bits per heavy atom. The topological polar surface area (TPSA) is 81.1 Å². The zero-order valence-corrected chi connectivity index (χ0v) is 17.8. The van der Waals surface area contributed by atoms with Crippen molar-refractivity contribution in [3.8, 4) is 5.75 Å². The lowest BCUT2D eigenvalue weighted by Crippen LogP contribution is -2.38. The van der Waals surface area contributed by atoms with Gasteiger partial charge in [0.25, 0.3) is 11.7 Å². The summed E-state index contributed by atoms with van der Waals surface area (Å²) in [6.45, 7) is 6.61. The number of amides is 1. The fraction of sp³-hybridized carbons (Fsp3) is 0.304. The zero-order valence-electron chi connectivity index (χ0n) is 17.0. The number of aromatic hydroxyl groups is 1. The number of nitrogens with zero attached hydrogens (tertiary/aromatic N) is 2. The third-order valence-electron chi connectivity index (χ3n) is 5.38. The predicted molar refractivity (Wildman–Crippen MR) is 116 cm³/mol. The maximum atomic E-state index is 12.9. The van der Waals surface area contributed by atoms with Crippen LogP contribution in [0.4, 0.5) is 0 Å². The summed E-state index contributed by atoms with van der Waals surface area (Å²) in [6, 6.07) is 12.1. The first-order valence-electron chi connectivity index (χ1n) is 9.93. The standard InChI is InChI=1S/C23H25ClN2O4/c1-3-25(4-2)11-12-26-20(15-7-6-10-18(27)14-15)19(22(29)23(26)30)21(28)16-8-5-9-17(24)13-16/h5-10,13-14,20,27-28H,3-4,11-12H2,1-2H3/b21-19-. The molecule has 7 heteroatoms. The number of aliphatic hydroxyl groups excluding tert-OH is 1. The van der Waals surface area contributed by atoms with E-state index in [1.54, 1.807) is 36.4 Å². The number of Topliss-reactive ketones (excluding diaryl/α,β-unsaturated/α-hetero) is 1. The molecular weight excluding hydrogens is 404 g/mol. The van der Waals surface area contributed by atoms with E-state index in [1.165, 1.54) is 17.0 Å². The molecule has 0 aliphatic carbocycles. The second-order valence-electron chi connectivity index (χ2n) is 7.12. The van der Waals surface area contributed by atoms with Crippen molar-refractivity contribution < 1.29 is 19.8 Å².